The van der Waals surface area contributed by atoms with Crippen LogP contribution in [0.3, 0.4) is 0 Å². The molecule has 0 aromatic heterocycles. The molecule has 2 N–H and O–H groups in total. The largest absolute Gasteiger partial charge is 0.316 e. The summed E-state index contributed by atoms with van der Waals surface area (Å²) in [5.74, 6) is 5.93. The van der Waals surface area contributed by atoms with Gasteiger partial charge in [-0.05, 0) is 19.8 Å². The van der Waals surface area contributed by atoms with E-state index in [1.54, 1.807) is 0 Å². The number of rotatable bonds is 2. The zero-order chi connectivity index (χ0) is 9.52. The summed E-state index contributed by atoms with van der Waals surface area (Å²) in [7, 11) is 0. The van der Waals surface area contributed by atoms with Gasteiger partial charge < -0.3 is 5.01 Å². The summed E-state index contributed by atoms with van der Waals surface area (Å²) in [5.41, 5.74) is 0. The lowest BCUT2D eigenvalue weighted by molar-refractivity contribution is 0.235. The summed E-state index contributed by atoms with van der Waals surface area (Å²) >= 11 is 0. The molecule has 13 heavy (non-hydrogen) atoms. The van der Waals surface area contributed by atoms with Crippen LogP contribution in [-0.4, -0.2) is 11.1 Å². The Morgan fingerprint density at radius 1 is 1.08 bits per heavy atom. The molecule has 0 heterocycles. The lowest BCUT2D eigenvalue weighted by Crippen LogP contribution is -2.36. The molecule has 0 aromatic carbocycles. The Morgan fingerprint density at radius 2 is 1.62 bits per heavy atom. The molecule has 2 nitrogen and oxygen atoms in total. The topological polar surface area (TPSA) is 29.3 Å². The normalized spacial score (nSPS) is 21.4. The van der Waals surface area contributed by atoms with Crippen LogP contribution in [0.2, 0.25) is 0 Å². The summed E-state index contributed by atoms with van der Waals surface area (Å²) < 4.78 is 0. The van der Waals surface area contributed by atoms with E-state index in [4.69, 9.17) is 5.84 Å². The van der Waals surface area contributed by atoms with Crippen molar-refractivity contribution in [2.45, 2.75) is 57.9 Å². The van der Waals surface area contributed by atoms with E-state index in [0.29, 0.717) is 6.04 Å². The van der Waals surface area contributed by atoms with E-state index in [0.717, 1.165) is 0 Å². The van der Waals surface area contributed by atoms with Gasteiger partial charge in [0, 0.05) is 12.2 Å². The standard InChI is InChI=1S/C11H22N2/c1-2-10-13(12)11-8-6-4-3-5-7-9-11/h2,10-11H,3-9,12H2,1H3/b10-2+. The second-order valence-electron chi connectivity index (χ2n) is 3.93. The van der Waals surface area contributed by atoms with Gasteiger partial charge in [0.15, 0.2) is 0 Å². The second kappa shape index (κ2) is 6.03. The van der Waals surface area contributed by atoms with E-state index < -0.39 is 0 Å². The second-order valence-corrected chi connectivity index (χ2v) is 3.93. The highest BCUT2D eigenvalue weighted by Crippen LogP contribution is 2.19. The molecule has 1 aliphatic carbocycles. The molecule has 1 aliphatic rings. The Kier molecular flexibility index (Phi) is 4.91. The Labute approximate surface area is 81.8 Å². The van der Waals surface area contributed by atoms with Crippen LogP contribution in [0.15, 0.2) is 12.3 Å². The van der Waals surface area contributed by atoms with Crippen molar-refractivity contribution in [2.75, 3.05) is 0 Å². The molecule has 0 aromatic rings. The minimum absolute atomic E-state index is 0.580. The highest BCUT2D eigenvalue weighted by atomic mass is 15.4. The molecule has 0 aliphatic heterocycles. The predicted octanol–water partition coefficient (Wildman–Crippen LogP) is 2.81. The van der Waals surface area contributed by atoms with E-state index in [-0.39, 0.29) is 0 Å². The minimum atomic E-state index is 0.580. The molecule has 0 spiro atoms. The van der Waals surface area contributed by atoms with Crippen molar-refractivity contribution in [2.24, 2.45) is 5.84 Å². The fraction of sp³-hybridized carbons (Fsp3) is 0.818. The van der Waals surface area contributed by atoms with Crippen LogP contribution in [0.4, 0.5) is 0 Å². The molecule has 1 fully saturated rings. The van der Waals surface area contributed by atoms with Crippen LogP contribution in [0.5, 0.6) is 0 Å². The van der Waals surface area contributed by atoms with Crippen LogP contribution >= 0.6 is 0 Å². The van der Waals surface area contributed by atoms with E-state index in [2.05, 4.69) is 0 Å². The van der Waals surface area contributed by atoms with Crippen molar-refractivity contribution in [1.82, 2.24) is 5.01 Å². The minimum Gasteiger partial charge on any atom is -0.316 e. The molecular weight excluding hydrogens is 160 g/mol. The van der Waals surface area contributed by atoms with Crippen LogP contribution in [0.1, 0.15) is 51.9 Å². The SMILES string of the molecule is C/C=C/N(N)C1CCCCCCC1. The lowest BCUT2D eigenvalue weighted by atomic mass is 9.96. The number of hydrogen-bond donors (Lipinski definition) is 1. The highest BCUT2D eigenvalue weighted by molar-refractivity contribution is 4.81. The molecule has 0 radical (unpaired) electrons. The van der Waals surface area contributed by atoms with Crippen molar-refractivity contribution in [3.8, 4) is 0 Å². The molecule has 1 saturated carbocycles. The van der Waals surface area contributed by atoms with Gasteiger partial charge in [0.2, 0.25) is 0 Å². The molecule has 2 heteroatoms. The molecule has 1 rings (SSSR count). The molecule has 0 unspecified atom stereocenters. The van der Waals surface area contributed by atoms with Crippen molar-refractivity contribution >= 4 is 0 Å². The van der Waals surface area contributed by atoms with Gasteiger partial charge >= 0.3 is 0 Å². The van der Waals surface area contributed by atoms with Crippen molar-refractivity contribution in [1.29, 1.82) is 0 Å². The third-order valence-corrected chi connectivity index (χ3v) is 2.82. The van der Waals surface area contributed by atoms with Crippen LogP contribution in [0.25, 0.3) is 0 Å². The average Bonchev–Trinajstić information content (AvgIpc) is 2.03. The van der Waals surface area contributed by atoms with Gasteiger partial charge in [0.25, 0.3) is 0 Å². The van der Waals surface area contributed by atoms with Gasteiger partial charge in [-0.3, -0.25) is 0 Å². The Hall–Kier alpha value is -0.500. The van der Waals surface area contributed by atoms with Gasteiger partial charge in [0.05, 0.1) is 0 Å². The van der Waals surface area contributed by atoms with Crippen molar-refractivity contribution in [3.05, 3.63) is 12.3 Å². The first-order valence-electron chi connectivity index (χ1n) is 5.50. The molecule has 0 saturated heterocycles. The Morgan fingerprint density at radius 3 is 2.15 bits per heavy atom. The quantitative estimate of drug-likeness (QED) is 0.525. The first kappa shape index (κ1) is 10.6. The zero-order valence-corrected chi connectivity index (χ0v) is 8.71. The summed E-state index contributed by atoms with van der Waals surface area (Å²) in [6.07, 6.45) is 13.4. The van der Waals surface area contributed by atoms with Gasteiger partial charge in [-0.1, -0.05) is 38.2 Å². The van der Waals surface area contributed by atoms with Crippen molar-refractivity contribution in [3.63, 3.8) is 0 Å². The van der Waals surface area contributed by atoms with E-state index in [1.807, 2.05) is 24.2 Å². The number of allylic oxidation sites excluding steroid dienone is 1. The monoisotopic (exact) mass is 182 g/mol. The molecule has 0 atom stereocenters. The number of hydrazine groups is 1. The third kappa shape index (κ3) is 3.81. The van der Waals surface area contributed by atoms with Crippen LogP contribution < -0.4 is 5.84 Å². The third-order valence-electron chi connectivity index (χ3n) is 2.82. The first-order valence-corrected chi connectivity index (χ1v) is 5.50. The van der Waals surface area contributed by atoms with Gasteiger partial charge in [0.1, 0.15) is 0 Å². The van der Waals surface area contributed by atoms with Gasteiger partial charge in [-0.15, -0.1) is 0 Å². The molecule has 0 amide bonds. The highest BCUT2D eigenvalue weighted by Gasteiger charge is 2.13. The average molecular weight is 182 g/mol. The number of nitrogens with two attached hydrogens (primary N) is 1. The summed E-state index contributed by atoms with van der Waals surface area (Å²) in [5, 5.41) is 1.89. The van der Waals surface area contributed by atoms with Gasteiger partial charge in [-0.2, -0.15) is 0 Å². The maximum Gasteiger partial charge on any atom is 0.0445 e. The fourth-order valence-corrected chi connectivity index (χ4v) is 2.03. The predicted molar refractivity (Wildman–Crippen MR) is 56.9 cm³/mol. The fourth-order valence-electron chi connectivity index (χ4n) is 2.03. The van der Waals surface area contributed by atoms with E-state index >= 15 is 0 Å². The molecule has 0 bridgehead atoms. The summed E-state index contributed by atoms with van der Waals surface area (Å²) in [4.78, 5) is 0. The summed E-state index contributed by atoms with van der Waals surface area (Å²) in [6, 6.07) is 0.580. The van der Waals surface area contributed by atoms with E-state index in [1.165, 1.54) is 44.9 Å². The smallest absolute Gasteiger partial charge is 0.0445 e. The molecular formula is C11H22N2. The van der Waals surface area contributed by atoms with E-state index in [9.17, 15) is 0 Å². The number of nitrogens with zero attached hydrogens (tertiary/aromatic N) is 1. The summed E-state index contributed by atoms with van der Waals surface area (Å²) in [6.45, 7) is 2.02. The van der Waals surface area contributed by atoms with Gasteiger partial charge in [-0.25, -0.2) is 5.84 Å². The number of hydrogen-bond acceptors (Lipinski definition) is 2. The van der Waals surface area contributed by atoms with Crippen molar-refractivity contribution < 1.29 is 0 Å². The maximum atomic E-state index is 5.93. The molecule has 76 valence electrons. The zero-order valence-electron chi connectivity index (χ0n) is 8.71. The van der Waals surface area contributed by atoms with Crippen LogP contribution in [-0.2, 0) is 0 Å². The van der Waals surface area contributed by atoms with Crippen LogP contribution in [0, 0.1) is 0 Å². The maximum absolute atomic E-state index is 5.93. The lowest BCUT2D eigenvalue weighted by Gasteiger charge is -2.27. The Balaban J connectivity index is 2.36. The Bertz CT molecular complexity index is 146. The first-order chi connectivity index (χ1) is 6.34.